The summed E-state index contributed by atoms with van der Waals surface area (Å²) in [5, 5.41) is 10.6. The van der Waals surface area contributed by atoms with Crippen LogP contribution in [0.4, 0.5) is 0 Å². The molecule has 0 aliphatic carbocycles. The van der Waals surface area contributed by atoms with E-state index in [0.717, 1.165) is 44.3 Å². The number of carbonyl (C=O) groups excluding carboxylic acids is 4. The van der Waals surface area contributed by atoms with Crippen molar-refractivity contribution < 1.29 is 19.2 Å². The summed E-state index contributed by atoms with van der Waals surface area (Å²) in [7, 11) is 0. The molecule has 4 amide bonds. The Morgan fingerprint density at radius 1 is 1.26 bits per heavy atom. The van der Waals surface area contributed by atoms with Crippen LogP contribution < -0.4 is 5.32 Å². The molecule has 0 radical (unpaired) electrons. The number of amides is 4. The zero-order valence-electron chi connectivity index (χ0n) is 20.1. The van der Waals surface area contributed by atoms with Gasteiger partial charge in [-0.3, -0.25) is 24.5 Å². The summed E-state index contributed by atoms with van der Waals surface area (Å²) in [5.74, 6) is -1.09. The Kier molecular flexibility index (Phi) is 5.90. The largest absolute Gasteiger partial charge is 0.337 e. The van der Waals surface area contributed by atoms with E-state index in [0.29, 0.717) is 23.4 Å². The summed E-state index contributed by atoms with van der Waals surface area (Å²) in [6.45, 7) is 6.15. The number of likely N-dealkylation sites (tertiary alicyclic amines) is 1. The Morgan fingerprint density at radius 2 is 2.09 bits per heavy atom. The lowest BCUT2D eigenvalue weighted by atomic mass is 9.78. The van der Waals surface area contributed by atoms with Gasteiger partial charge in [-0.1, -0.05) is 25.5 Å². The number of hydrogen-bond acceptors (Lipinski definition) is 6. The highest BCUT2D eigenvalue weighted by atomic mass is 16.2. The number of nitrogens with one attached hydrogen (secondary N) is 1. The van der Waals surface area contributed by atoms with Gasteiger partial charge in [-0.05, 0) is 54.9 Å². The van der Waals surface area contributed by atoms with Crippen molar-refractivity contribution in [3.8, 4) is 5.69 Å². The Hall–Kier alpha value is -3.56. The number of benzene rings is 1. The quantitative estimate of drug-likeness (QED) is 0.658. The van der Waals surface area contributed by atoms with Gasteiger partial charge in [0.15, 0.2) is 5.69 Å². The van der Waals surface area contributed by atoms with Gasteiger partial charge in [0.1, 0.15) is 6.04 Å². The highest BCUT2D eigenvalue weighted by Gasteiger charge is 2.39. The van der Waals surface area contributed by atoms with Crippen LogP contribution in [-0.4, -0.2) is 67.6 Å². The molecule has 5 rings (SSSR count). The second-order valence-electron chi connectivity index (χ2n) is 10.2. The third kappa shape index (κ3) is 4.33. The number of imide groups is 1. The van der Waals surface area contributed by atoms with Crippen molar-refractivity contribution >= 4 is 23.6 Å². The Labute approximate surface area is 203 Å². The molecule has 2 aromatic rings. The first-order valence-corrected chi connectivity index (χ1v) is 12.3. The summed E-state index contributed by atoms with van der Waals surface area (Å²) in [4.78, 5) is 53.2. The van der Waals surface area contributed by atoms with Crippen molar-refractivity contribution in [1.82, 2.24) is 30.1 Å². The van der Waals surface area contributed by atoms with Crippen LogP contribution in [0, 0.1) is 5.41 Å². The van der Waals surface area contributed by atoms with Gasteiger partial charge >= 0.3 is 0 Å². The number of fused-ring (bicyclic) bond motifs is 1. The summed E-state index contributed by atoms with van der Waals surface area (Å²) in [6, 6.07) is 4.64. The average Bonchev–Trinajstić information content (AvgIpc) is 3.44. The van der Waals surface area contributed by atoms with Crippen LogP contribution in [0.2, 0.25) is 0 Å². The number of piperidine rings is 2. The number of rotatable bonds is 5. The van der Waals surface area contributed by atoms with E-state index >= 15 is 0 Å². The molecule has 0 spiro atoms. The second kappa shape index (κ2) is 8.90. The smallest absolute Gasteiger partial charge is 0.276 e. The summed E-state index contributed by atoms with van der Waals surface area (Å²) in [6.07, 6.45) is 6.46. The van der Waals surface area contributed by atoms with Crippen molar-refractivity contribution in [1.29, 1.82) is 0 Å². The fourth-order valence-electron chi connectivity index (χ4n) is 5.65. The lowest BCUT2D eigenvalue weighted by Gasteiger charge is -2.40. The first-order chi connectivity index (χ1) is 16.8. The molecule has 4 heterocycles. The van der Waals surface area contributed by atoms with Gasteiger partial charge in [-0.15, -0.1) is 5.10 Å². The zero-order chi connectivity index (χ0) is 24.7. The molecule has 2 fully saturated rings. The minimum atomic E-state index is -0.658. The topological polar surface area (TPSA) is 118 Å². The molecular formula is C25H30N6O4. The van der Waals surface area contributed by atoms with Crippen molar-refractivity contribution in [2.45, 2.75) is 65.0 Å². The summed E-state index contributed by atoms with van der Waals surface area (Å²) >= 11 is 0. The van der Waals surface area contributed by atoms with E-state index in [2.05, 4.69) is 29.5 Å². The third-order valence-electron chi connectivity index (χ3n) is 7.41. The van der Waals surface area contributed by atoms with E-state index in [9.17, 15) is 19.2 Å². The van der Waals surface area contributed by atoms with E-state index < -0.39 is 11.9 Å². The van der Waals surface area contributed by atoms with Crippen molar-refractivity contribution in [2.24, 2.45) is 5.41 Å². The number of aromatic nitrogens is 3. The minimum Gasteiger partial charge on any atom is -0.337 e. The minimum absolute atomic E-state index is 0.112. The predicted molar refractivity (Wildman–Crippen MR) is 126 cm³/mol. The first kappa shape index (κ1) is 23.2. The molecular weight excluding hydrogens is 448 g/mol. The molecule has 3 aliphatic rings. The van der Waals surface area contributed by atoms with E-state index in [4.69, 9.17) is 0 Å². The maximum atomic E-state index is 13.1. The monoisotopic (exact) mass is 478 g/mol. The molecule has 184 valence electrons. The van der Waals surface area contributed by atoms with Crippen LogP contribution in [0.25, 0.3) is 5.69 Å². The molecule has 0 saturated carbocycles. The summed E-state index contributed by atoms with van der Waals surface area (Å²) < 4.78 is 1.54. The molecule has 0 bridgehead atoms. The lowest BCUT2D eigenvalue weighted by Crippen LogP contribution is -2.52. The third-order valence-corrected chi connectivity index (χ3v) is 7.41. The first-order valence-electron chi connectivity index (χ1n) is 12.3. The number of carbonyl (C=O) groups is 4. The Balaban J connectivity index is 1.32. The fourth-order valence-corrected chi connectivity index (χ4v) is 5.65. The molecule has 35 heavy (non-hydrogen) atoms. The van der Waals surface area contributed by atoms with Crippen LogP contribution >= 0.6 is 0 Å². The number of nitrogens with zero attached hydrogens (tertiary/aromatic N) is 5. The highest BCUT2D eigenvalue weighted by molar-refractivity contribution is 6.05. The van der Waals surface area contributed by atoms with Gasteiger partial charge in [0, 0.05) is 31.6 Å². The van der Waals surface area contributed by atoms with E-state index in [1.807, 2.05) is 11.0 Å². The molecule has 3 aliphatic heterocycles. The second-order valence-corrected chi connectivity index (χ2v) is 10.2. The maximum absolute atomic E-state index is 13.1. The molecule has 2 atom stereocenters. The Morgan fingerprint density at radius 3 is 2.86 bits per heavy atom. The van der Waals surface area contributed by atoms with Gasteiger partial charge in [-0.2, -0.15) is 0 Å². The predicted octanol–water partition coefficient (Wildman–Crippen LogP) is 2.07. The zero-order valence-corrected chi connectivity index (χ0v) is 20.1. The molecule has 1 aromatic carbocycles. The highest BCUT2D eigenvalue weighted by Crippen LogP contribution is 2.34. The van der Waals surface area contributed by atoms with E-state index in [-0.39, 0.29) is 36.1 Å². The van der Waals surface area contributed by atoms with Crippen LogP contribution in [0.1, 0.15) is 78.8 Å². The van der Waals surface area contributed by atoms with Gasteiger partial charge < -0.3 is 9.80 Å². The summed E-state index contributed by atoms with van der Waals surface area (Å²) in [5.41, 5.74) is 2.42. The van der Waals surface area contributed by atoms with Crippen LogP contribution in [0.5, 0.6) is 0 Å². The van der Waals surface area contributed by atoms with Gasteiger partial charge in [-0.25, -0.2) is 4.68 Å². The van der Waals surface area contributed by atoms with Gasteiger partial charge in [0.25, 0.3) is 11.8 Å². The molecule has 1 N–H and O–H groups in total. The Bertz CT molecular complexity index is 1200. The molecule has 10 nitrogen and oxygen atoms in total. The van der Waals surface area contributed by atoms with Crippen LogP contribution in [0.15, 0.2) is 24.4 Å². The fraction of sp³-hybridized carbons (Fsp3) is 0.520. The van der Waals surface area contributed by atoms with Gasteiger partial charge in [0.05, 0.1) is 11.9 Å². The van der Waals surface area contributed by atoms with Crippen LogP contribution in [0.3, 0.4) is 0 Å². The van der Waals surface area contributed by atoms with Crippen LogP contribution in [-0.2, 0) is 16.1 Å². The molecule has 10 heteroatoms. The maximum Gasteiger partial charge on any atom is 0.276 e. The normalized spacial score (nSPS) is 24.5. The lowest BCUT2D eigenvalue weighted by molar-refractivity contribution is -0.136. The standard InChI is InChI=1S/C25H30N6O4/c1-3-9-25(2)10-4-11-29(15-25)24(35)19-14-31(28-27-19)17-5-6-18-16(12-17)13-30(23(18)34)20-7-8-21(32)26-22(20)33/h5-6,12,14,20H,3-4,7-11,13,15H2,1-2H3,(H,26,32,33). The van der Waals surface area contributed by atoms with Crippen molar-refractivity contribution in [3.63, 3.8) is 0 Å². The van der Waals surface area contributed by atoms with Gasteiger partial charge in [0.2, 0.25) is 11.8 Å². The van der Waals surface area contributed by atoms with E-state index in [1.54, 1.807) is 23.0 Å². The van der Waals surface area contributed by atoms with Crippen molar-refractivity contribution in [3.05, 3.63) is 41.2 Å². The number of hydrogen-bond donors (Lipinski definition) is 1. The molecule has 2 unspecified atom stereocenters. The molecule has 2 saturated heterocycles. The van der Waals surface area contributed by atoms with Crippen molar-refractivity contribution in [2.75, 3.05) is 13.1 Å². The van der Waals surface area contributed by atoms with E-state index in [1.165, 1.54) is 4.90 Å². The average molecular weight is 479 g/mol. The molecule has 1 aromatic heterocycles. The SMILES string of the molecule is CCCC1(C)CCCN(C(=O)c2cn(-c3ccc4c(c3)CN(C3CCC(=O)NC3=O)C4=O)nn2)C1.